The van der Waals surface area contributed by atoms with Crippen molar-refractivity contribution in [1.82, 2.24) is 0 Å². The van der Waals surface area contributed by atoms with Gasteiger partial charge in [-0.3, -0.25) is 0 Å². The van der Waals surface area contributed by atoms with Gasteiger partial charge >= 0.3 is 0 Å². The molecule has 0 heterocycles. The highest BCUT2D eigenvalue weighted by Gasteiger charge is 2.10. The average Bonchev–Trinajstić information content (AvgIpc) is 2.04. The first-order chi connectivity index (χ1) is 5.61. The van der Waals surface area contributed by atoms with Crippen LogP contribution in [0.25, 0.3) is 0 Å². The number of hydrogen-bond acceptors (Lipinski definition) is 1. The van der Waals surface area contributed by atoms with Gasteiger partial charge in [-0.15, -0.1) is 0 Å². The Hall–Kier alpha value is -0.890. The van der Waals surface area contributed by atoms with Gasteiger partial charge < -0.3 is 5.11 Å². The van der Waals surface area contributed by atoms with Gasteiger partial charge in [0.05, 0.1) is 6.10 Å². The second kappa shape index (κ2) is 3.68. The molecule has 0 radical (unpaired) electrons. The summed E-state index contributed by atoms with van der Waals surface area (Å²) >= 11 is 0. The van der Waals surface area contributed by atoms with E-state index in [1.807, 2.05) is 6.92 Å². The number of benzene rings is 1. The van der Waals surface area contributed by atoms with Gasteiger partial charge in [0.25, 0.3) is 0 Å². The lowest BCUT2D eigenvalue weighted by atomic mass is 9.97. The highest BCUT2D eigenvalue weighted by molar-refractivity contribution is 5.20. The van der Waals surface area contributed by atoms with Gasteiger partial charge in [-0.05, 0) is 24.6 Å². The maximum atomic E-state index is 12.5. The fourth-order valence-electron chi connectivity index (χ4n) is 1.04. The van der Waals surface area contributed by atoms with Crippen LogP contribution in [-0.4, -0.2) is 11.2 Å². The quantitative estimate of drug-likeness (QED) is 0.718. The molecule has 0 aliphatic carbocycles. The average molecular weight is 168 g/mol. The predicted octanol–water partition coefficient (Wildman–Crippen LogP) is 2.31. The second-order valence-electron chi connectivity index (χ2n) is 3.08. The summed E-state index contributed by atoms with van der Waals surface area (Å²) in [5, 5.41) is 9.25. The van der Waals surface area contributed by atoms with Crippen molar-refractivity contribution in [1.29, 1.82) is 0 Å². The standard InChI is InChI=1S/C10H13FO/c1-7(8(2)12)9-3-5-10(11)6-4-9/h3-8,12H,1-2H3/t7-,8-/m1/s1. The van der Waals surface area contributed by atoms with E-state index < -0.39 is 6.10 Å². The molecule has 2 heteroatoms. The third-order valence-corrected chi connectivity index (χ3v) is 2.12. The van der Waals surface area contributed by atoms with Crippen LogP contribution in [-0.2, 0) is 0 Å². The molecule has 0 saturated heterocycles. The first-order valence-electron chi connectivity index (χ1n) is 4.05. The largest absolute Gasteiger partial charge is 0.393 e. The molecule has 0 amide bonds. The molecule has 1 nitrogen and oxygen atoms in total. The Balaban J connectivity index is 2.82. The van der Waals surface area contributed by atoms with Crippen LogP contribution in [0.4, 0.5) is 4.39 Å². The van der Waals surface area contributed by atoms with Crippen LogP contribution in [0, 0.1) is 5.82 Å². The van der Waals surface area contributed by atoms with Crippen molar-refractivity contribution >= 4 is 0 Å². The zero-order valence-electron chi connectivity index (χ0n) is 7.29. The highest BCUT2D eigenvalue weighted by atomic mass is 19.1. The molecule has 12 heavy (non-hydrogen) atoms. The lowest BCUT2D eigenvalue weighted by Gasteiger charge is -2.14. The summed E-state index contributed by atoms with van der Waals surface area (Å²) in [5.74, 6) is -0.179. The van der Waals surface area contributed by atoms with Crippen molar-refractivity contribution < 1.29 is 9.50 Å². The minimum Gasteiger partial charge on any atom is -0.393 e. The molecule has 0 bridgehead atoms. The summed E-state index contributed by atoms with van der Waals surface area (Å²) in [6.45, 7) is 3.64. The van der Waals surface area contributed by atoms with Gasteiger partial charge in [-0.2, -0.15) is 0 Å². The number of hydrogen-bond donors (Lipinski definition) is 1. The third kappa shape index (κ3) is 2.05. The van der Waals surface area contributed by atoms with Crippen LogP contribution >= 0.6 is 0 Å². The molecule has 0 aromatic heterocycles. The first kappa shape index (κ1) is 9.20. The highest BCUT2D eigenvalue weighted by Crippen LogP contribution is 2.18. The lowest BCUT2D eigenvalue weighted by Crippen LogP contribution is -2.10. The van der Waals surface area contributed by atoms with Gasteiger partial charge in [-0.1, -0.05) is 19.1 Å². The van der Waals surface area contributed by atoms with Crippen molar-refractivity contribution in [2.75, 3.05) is 0 Å². The Morgan fingerprint density at radius 2 is 1.67 bits per heavy atom. The van der Waals surface area contributed by atoms with Crippen LogP contribution in [0.3, 0.4) is 0 Å². The summed E-state index contributed by atoms with van der Waals surface area (Å²) in [5.41, 5.74) is 0.964. The van der Waals surface area contributed by atoms with E-state index in [2.05, 4.69) is 0 Å². The SMILES string of the molecule is C[C@@H](O)[C@@H](C)c1ccc(F)cc1. The number of aliphatic hydroxyl groups is 1. The van der Waals surface area contributed by atoms with Gasteiger partial charge in [0.15, 0.2) is 0 Å². The minimum atomic E-state index is -0.393. The molecule has 1 aromatic rings. The minimum absolute atomic E-state index is 0.0607. The molecule has 0 unspecified atom stereocenters. The molecule has 0 fully saturated rings. The Bertz CT molecular complexity index is 241. The molecule has 1 rings (SSSR count). The molecule has 0 saturated carbocycles. The molecule has 1 aromatic carbocycles. The summed E-state index contributed by atoms with van der Waals surface area (Å²) < 4.78 is 12.5. The fraction of sp³-hybridized carbons (Fsp3) is 0.400. The molecular weight excluding hydrogens is 155 g/mol. The summed E-state index contributed by atoms with van der Waals surface area (Å²) in [6, 6.07) is 6.22. The Morgan fingerprint density at radius 1 is 1.17 bits per heavy atom. The summed E-state index contributed by atoms with van der Waals surface area (Å²) in [6.07, 6.45) is -0.393. The monoisotopic (exact) mass is 168 g/mol. The third-order valence-electron chi connectivity index (χ3n) is 2.12. The molecular formula is C10H13FO. The topological polar surface area (TPSA) is 20.2 Å². The van der Waals surface area contributed by atoms with E-state index in [4.69, 9.17) is 0 Å². The maximum absolute atomic E-state index is 12.5. The van der Waals surface area contributed by atoms with E-state index in [1.165, 1.54) is 12.1 Å². The Morgan fingerprint density at radius 3 is 2.08 bits per heavy atom. The van der Waals surface area contributed by atoms with E-state index in [0.717, 1.165) is 5.56 Å². The molecule has 66 valence electrons. The van der Waals surface area contributed by atoms with Gasteiger partial charge in [0.1, 0.15) is 5.82 Å². The Kier molecular flexibility index (Phi) is 2.82. The zero-order chi connectivity index (χ0) is 9.14. The van der Waals surface area contributed by atoms with E-state index in [0.29, 0.717) is 0 Å². The van der Waals surface area contributed by atoms with Crippen LogP contribution in [0.15, 0.2) is 24.3 Å². The van der Waals surface area contributed by atoms with Gasteiger partial charge in [0, 0.05) is 5.92 Å². The number of halogens is 1. The first-order valence-corrected chi connectivity index (χ1v) is 4.05. The van der Waals surface area contributed by atoms with Crippen molar-refractivity contribution in [3.63, 3.8) is 0 Å². The van der Waals surface area contributed by atoms with Gasteiger partial charge in [0.2, 0.25) is 0 Å². The van der Waals surface area contributed by atoms with E-state index in [9.17, 15) is 9.50 Å². The maximum Gasteiger partial charge on any atom is 0.123 e. The smallest absolute Gasteiger partial charge is 0.123 e. The van der Waals surface area contributed by atoms with Crippen molar-refractivity contribution in [3.05, 3.63) is 35.6 Å². The molecule has 0 spiro atoms. The lowest BCUT2D eigenvalue weighted by molar-refractivity contribution is 0.169. The van der Waals surface area contributed by atoms with Crippen molar-refractivity contribution in [2.45, 2.75) is 25.9 Å². The van der Waals surface area contributed by atoms with Crippen molar-refractivity contribution in [3.8, 4) is 0 Å². The van der Waals surface area contributed by atoms with E-state index in [1.54, 1.807) is 19.1 Å². The summed E-state index contributed by atoms with van der Waals surface area (Å²) in [4.78, 5) is 0. The number of aliphatic hydroxyl groups excluding tert-OH is 1. The molecule has 0 aliphatic rings. The molecule has 0 aliphatic heterocycles. The van der Waals surface area contributed by atoms with Crippen LogP contribution < -0.4 is 0 Å². The van der Waals surface area contributed by atoms with Crippen LogP contribution in [0.5, 0.6) is 0 Å². The Labute approximate surface area is 71.9 Å². The van der Waals surface area contributed by atoms with Crippen LogP contribution in [0.1, 0.15) is 25.3 Å². The summed E-state index contributed by atoms with van der Waals surface area (Å²) in [7, 11) is 0. The van der Waals surface area contributed by atoms with Crippen molar-refractivity contribution in [2.24, 2.45) is 0 Å². The molecule has 1 N–H and O–H groups in total. The van der Waals surface area contributed by atoms with Gasteiger partial charge in [-0.25, -0.2) is 4.39 Å². The fourth-order valence-corrected chi connectivity index (χ4v) is 1.04. The predicted molar refractivity (Wildman–Crippen MR) is 46.5 cm³/mol. The zero-order valence-corrected chi connectivity index (χ0v) is 7.29. The molecule has 2 atom stereocenters. The van der Waals surface area contributed by atoms with Crippen LogP contribution in [0.2, 0.25) is 0 Å². The second-order valence-corrected chi connectivity index (χ2v) is 3.08. The normalized spacial score (nSPS) is 15.7. The van der Waals surface area contributed by atoms with E-state index in [-0.39, 0.29) is 11.7 Å². The van der Waals surface area contributed by atoms with E-state index >= 15 is 0 Å². The number of rotatable bonds is 2.